The third-order valence-corrected chi connectivity index (χ3v) is 7.24. The highest BCUT2D eigenvalue weighted by atomic mass is 16.2. The average Bonchev–Trinajstić information content (AvgIpc) is 2.83. The number of amides is 1. The fourth-order valence-electron chi connectivity index (χ4n) is 4.99. The molecule has 0 saturated carbocycles. The summed E-state index contributed by atoms with van der Waals surface area (Å²) in [5.74, 6) is 1.49. The Bertz CT molecular complexity index is 675. The lowest BCUT2D eigenvalue weighted by Crippen LogP contribution is -2.32. The maximum atomic E-state index is 13.0. The Hall–Kier alpha value is -1.76. The number of likely N-dealkylation sites (N-methyl/N-ethyl adjacent to an activating group) is 1. The van der Waals surface area contributed by atoms with E-state index in [-0.39, 0.29) is 5.91 Å². The number of rotatable bonds is 18. The second kappa shape index (κ2) is 18.5. The van der Waals surface area contributed by atoms with Crippen molar-refractivity contribution in [3.63, 3.8) is 0 Å². The van der Waals surface area contributed by atoms with Crippen LogP contribution in [0, 0.1) is 23.2 Å². The van der Waals surface area contributed by atoms with Gasteiger partial charge in [-0.15, -0.1) is 0 Å². The second-order valence-corrected chi connectivity index (χ2v) is 11.2. The molecule has 1 aliphatic rings. The molecule has 0 aromatic rings. The molecule has 35 heavy (non-hydrogen) atoms. The van der Waals surface area contributed by atoms with E-state index in [0.29, 0.717) is 18.7 Å². The van der Waals surface area contributed by atoms with Crippen molar-refractivity contribution >= 4 is 5.91 Å². The SMILES string of the molecule is CCN(CC)C(=O)C(C#N)=C1C=C(N(CCCCCCC(C)C)CCCCCCC(C)C)CCC1. The molecule has 0 unspecified atom stereocenters. The van der Waals surface area contributed by atoms with E-state index in [2.05, 4.69) is 44.7 Å². The molecule has 0 radical (unpaired) electrons. The van der Waals surface area contributed by atoms with Gasteiger partial charge in [0, 0.05) is 31.9 Å². The zero-order valence-electron chi connectivity index (χ0n) is 24.0. The second-order valence-electron chi connectivity index (χ2n) is 11.2. The van der Waals surface area contributed by atoms with Gasteiger partial charge in [0.05, 0.1) is 0 Å². The Morgan fingerprint density at radius 1 is 0.857 bits per heavy atom. The summed E-state index contributed by atoms with van der Waals surface area (Å²) in [5, 5.41) is 9.84. The predicted molar refractivity (Wildman–Crippen MR) is 150 cm³/mol. The fraction of sp³-hybridized carbons (Fsp3) is 0.806. The maximum absolute atomic E-state index is 13.0. The van der Waals surface area contributed by atoms with Crippen molar-refractivity contribution < 1.29 is 4.79 Å². The zero-order valence-corrected chi connectivity index (χ0v) is 24.0. The number of nitrogens with zero attached hydrogens (tertiary/aromatic N) is 3. The van der Waals surface area contributed by atoms with Crippen LogP contribution in [0.2, 0.25) is 0 Å². The van der Waals surface area contributed by atoms with Crippen molar-refractivity contribution in [1.29, 1.82) is 5.26 Å². The summed E-state index contributed by atoms with van der Waals surface area (Å²) in [4.78, 5) is 17.3. The molecule has 1 aliphatic carbocycles. The first-order valence-corrected chi connectivity index (χ1v) is 14.7. The Morgan fingerprint density at radius 2 is 1.37 bits per heavy atom. The molecule has 200 valence electrons. The zero-order chi connectivity index (χ0) is 26.1. The summed E-state index contributed by atoms with van der Waals surface area (Å²) in [6, 6.07) is 2.26. The molecule has 4 nitrogen and oxygen atoms in total. The smallest absolute Gasteiger partial charge is 0.264 e. The minimum atomic E-state index is -0.105. The molecule has 0 fully saturated rings. The molecular formula is C31H55N3O. The van der Waals surface area contributed by atoms with Crippen LogP contribution in [-0.2, 0) is 4.79 Å². The molecule has 0 aliphatic heterocycles. The van der Waals surface area contributed by atoms with Gasteiger partial charge in [0.2, 0.25) is 0 Å². The van der Waals surface area contributed by atoms with Crippen LogP contribution in [0.15, 0.2) is 22.9 Å². The third kappa shape index (κ3) is 12.7. The van der Waals surface area contributed by atoms with Crippen molar-refractivity contribution in [3.8, 4) is 6.07 Å². The van der Waals surface area contributed by atoms with Gasteiger partial charge in [-0.2, -0.15) is 5.26 Å². The Balaban J connectivity index is 2.87. The third-order valence-electron chi connectivity index (χ3n) is 7.24. The fourth-order valence-corrected chi connectivity index (χ4v) is 4.99. The minimum Gasteiger partial charge on any atom is -0.375 e. The number of allylic oxidation sites excluding steroid dienone is 3. The van der Waals surface area contributed by atoms with Crippen molar-refractivity contribution in [1.82, 2.24) is 9.80 Å². The summed E-state index contributed by atoms with van der Waals surface area (Å²) in [5.41, 5.74) is 2.65. The van der Waals surface area contributed by atoms with E-state index in [1.165, 1.54) is 69.9 Å². The van der Waals surface area contributed by atoms with E-state index in [9.17, 15) is 10.1 Å². The van der Waals surface area contributed by atoms with E-state index in [1.807, 2.05) is 13.8 Å². The lowest BCUT2D eigenvalue weighted by molar-refractivity contribution is -0.126. The van der Waals surface area contributed by atoms with Crippen LogP contribution in [-0.4, -0.2) is 41.9 Å². The first kappa shape index (κ1) is 31.3. The molecule has 0 aromatic carbocycles. The van der Waals surface area contributed by atoms with Crippen LogP contribution in [0.5, 0.6) is 0 Å². The highest BCUT2D eigenvalue weighted by molar-refractivity contribution is 5.98. The number of carbonyl (C=O) groups excluding carboxylic acids is 1. The van der Waals surface area contributed by atoms with Gasteiger partial charge in [0.25, 0.3) is 5.91 Å². The van der Waals surface area contributed by atoms with Gasteiger partial charge >= 0.3 is 0 Å². The summed E-state index contributed by atoms with van der Waals surface area (Å²) < 4.78 is 0. The number of carbonyl (C=O) groups is 1. The lowest BCUT2D eigenvalue weighted by Gasteiger charge is -2.31. The first-order chi connectivity index (χ1) is 16.8. The van der Waals surface area contributed by atoms with Crippen LogP contribution in [0.25, 0.3) is 0 Å². The van der Waals surface area contributed by atoms with Gasteiger partial charge in [-0.3, -0.25) is 4.79 Å². The normalized spacial score (nSPS) is 15.2. The molecule has 0 N–H and O–H groups in total. The maximum Gasteiger partial charge on any atom is 0.264 e. The molecule has 0 bridgehead atoms. The number of hydrogen-bond acceptors (Lipinski definition) is 3. The number of hydrogen-bond donors (Lipinski definition) is 0. The lowest BCUT2D eigenvalue weighted by atomic mass is 9.93. The molecule has 0 heterocycles. The van der Waals surface area contributed by atoms with E-state index in [4.69, 9.17) is 0 Å². The van der Waals surface area contributed by atoms with Crippen molar-refractivity contribution in [2.45, 2.75) is 125 Å². The van der Waals surface area contributed by atoms with Gasteiger partial charge in [0.15, 0.2) is 0 Å². The minimum absolute atomic E-state index is 0.105. The van der Waals surface area contributed by atoms with Crippen molar-refractivity contribution in [2.24, 2.45) is 11.8 Å². The van der Waals surface area contributed by atoms with E-state index < -0.39 is 0 Å². The Kier molecular flexibility index (Phi) is 16.5. The summed E-state index contributed by atoms with van der Waals surface area (Å²) in [7, 11) is 0. The monoisotopic (exact) mass is 485 g/mol. The van der Waals surface area contributed by atoms with Crippen LogP contribution in [0.3, 0.4) is 0 Å². The van der Waals surface area contributed by atoms with E-state index >= 15 is 0 Å². The van der Waals surface area contributed by atoms with E-state index in [0.717, 1.165) is 49.8 Å². The van der Waals surface area contributed by atoms with Gasteiger partial charge in [-0.05, 0) is 69.4 Å². The van der Waals surface area contributed by atoms with Crippen LogP contribution in [0.1, 0.15) is 125 Å². The molecule has 0 spiro atoms. The molecule has 1 amide bonds. The summed E-state index contributed by atoms with van der Waals surface area (Å²) in [6.07, 6.45) is 18.1. The van der Waals surface area contributed by atoms with Crippen LogP contribution >= 0.6 is 0 Å². The average molecular weight is 486 g/mol. The molecule has 1 rings (SSSR count). The highest BCUT2D eigenvalue weighted by Gasteiger charge is 2.22. The standard InChI is InChI=1S/C31H55N3O/c1-7-33(8-2)31(35)30(25-32)28-20-17-21-29(24-28)34(22-15-11-9-13-18-26(3)4)23-16-12-10-14-19-27(5)6/h24,26-27H,7-23H2,1-6H3. The van der Waals surface area contributed by atoms with Gasteiger partial charge in [0.1, 0.15) is 11.6 Å². The predicted octanol–water partition coefficient (Wildman–Crippen LogP) is 8.26. The topological polar surface area (TPSA) is 47.3 Å². The largest absolute Gasteiger partial charge is 0.375 e. The van der Waals surface area contributed by atoms with Crippen LogP contribution < -0.4 is 0 Å². The molecular weight excluding hydrogens is 430 g/mol. The summed E-state index contributed by atoms with van der Waals surface area (Å²) >= 11 is 0. The molecule has 0 atom stereocenters. The molecule has 0 saturated heterocycles. The van der Waals surface area contributed by atoms with Gasteiger partial charge in [-0.1, -0.05) is 79.1 Å². The van der Waals surface area contributed by atoms with Crippen LogP contribution in [0.4, 0.5) is 0 Å². The molecule has 4 heteroatoms. The highest BCUT2D eigenvalue weighted by Crippen LogP contribution is 2.28. The Morgan fingerprint density at radius 3 is 1.83 bits per heavy atom. The number of unbranched alkanes of at least 4 members (excludes halogenated alkanes) is 6. The van der Waals surface area contributed by atoms with E-state index in [1.54, 1.807) is 4.90 Å². The number of nitriles is 1. The van der Waals surface area contributed by atoms with Crippen molar-refractivity contribution in [2.75, 3.05) is 26.2 Å². The van der Waals surface area contributed by atoms with Gasteiger partial charge < -0.3 is 9.80 Å². The molecule has 0 aromatic heterocycles. The van der Waals surface area contributed by atoms with Gasteiger partial charge in [-0.25, -0.2) is 0 Å². The first-order valence-electron chi connectivity index (χ1n) is 14.7. The Labute approximate surface area is 217 Å². The summed E-state index contributed by atoms with van der Waals surface area (Å²) in [6.45, 7) is 16.7. The quantitative estimate of drug-likeness (QED) is 0.111. The van der Waals surface area contributed by atoms with Crippen molar-refractivity contribution in [3.05, 3.63) is 22.9 Å².